The first-order chi connectivity index (χ1) is 8.99. The van der Waals surface area contributed by atoms with E-state index in [1.807, 2.05) is 0 Å². The van der Waals surface area contributed by atoms with Gasteiger partial charge in [-0.2, -0.15) is 0 Å². The number of carbonyl (C=O) groups excluding carboxylic acids is 1. The summed E-state index contributed by atoms with van der Waals surface area (Å²) in [4.78, 5) is 12.0. The summed E-state index contributed by atoms with van der Waals surface area (Å²) < 4.78 is 28.1. The number of rotatable bonds is 3. The Hall–Kier alpha value is -2.17. The molecule has 2 aromatic rings. The van der Waals surface area contributed by atoms with Gasteiger partial charge in [0.1, 0.15) is 17.3 Å². The van der Waals surface area contributed by atoms with Gasteiger partial charge < -0.3 is 9.88 Å². The smallest absolute Gasteiger partial charge is 0.268 e. The van der Waals surface area contributed by atoms with E-state index in [-0.39, 0.29) is 11.5 Å². The molecule has 1 N–H and O–H groups in total. The molecule has 1 heterocycles. The summed E-state index contributed by atoms with van der Waals surface area (Å²) in [5, 5.41) is 2.68. The fourth-order valence-corrected chi connectivity index (χ4v) is 1.90. The van der Waals surface area contributed by atoms with Crippen molar-refractivity contribution in [3.05, 3.63) is 59.4 Å². The van der Waals surface area contributed by atoms with E-state index in [1.165, 1.54) is 12.1 Å². The maximum atomic E-state index is 13.6. The molecule has 1 amide bonds. The monoisotopic (exact) mass is 264 g/mol. The van der Waals surface area contributed by atoms with Crippen LogP contribution in [0.15, 0.2) is 36.5 Å². The second-order valence-corrected chi connectivity index (χ2v) is 4.37. The van der Waals surface area contributed by atoms with Gasteiger partial charge in [-0.25, -0.2) is 8.78 Å². The number of carbonyl (C=O) groups is 1. The van der Waals surface area contributed by atoms with Gasteiger partial charge in [-0.3, -0.25) is 4.79 Å². The first kappa shape index (κ1) is 13.3. The minimum atomic E-state index is -0.667. The number of benzene rings is 1. The fraction of sp³-hybridized carbons (Fsp3) is 0.214. The van der Waals surface area contributed by atoms with E-state index < -0.39 is 17.7 Å². The summed E-state index contributed by atoms with van der Waals surface area (Å²) in [5.41, 5.74) is 0.735. The van der Waals surface area contributed by atoms with Crippen LogP contribution < -0.4 is 5.32 Å². The van der Waals surface area contributed by atoms with Crippen LogP contribution in [-0.2, 0) is 7.05 Å². The summed E-state index contributed by atoms with van der Waals surface area (Å²) in [7, 11) is 1.75. The van der Waals surface area contributed by atoms with E-state index >= 15 is 0 Å². The number of aromatic nitrogens is 1. The zero-order chi connectivity index (χ0) is 14.0. The Bertz CT molecular complexity index is 607. The molecule has 100 valence electrons. The highest BCUT2D eigenvalue weighted by Gasteiger charge is 2.16. The minimum Gasteiger partial charge on any atom is -0.347 e. The molecule has 3 nitrogen and oxygen atoms in total. The number of halogens is 2. The molecule has 2 rings (SSSR count). The summed E-state index contributed by atoms with van der Waals surface area (Å²) in [5.74, 6) is -1.61. The molecular formula is C14H14F2N2O. The van der Waals surface area contributed by atoms with Crippen LogP contribution in [0.3, 0.4) is 0 Å². The number of hydrogen-bond donors (Lipinski definition) is 1. The Morgan fingerprint density at radius 1 is 1.32 bits per heavy atom. The van der Waals surface area contributed by atoms with Gasteiger partial charge in [-0.05, 0) is 25.1 Å². The molecule has 19 heavy (non-hydrogen) atoms. The van der Waals surface area contributed by atoms with Gasteiger partial charge in [-0.1, -0.05) is 6.07 Å². The van der Waals surface area contributed by atoms with Crippen LogP contribution in [0.5, 0.6) is 0 Å². The molecule has 0 spiro atoms. The van der Waals surface area contributed by atoms with E-state index in [4.69, 9.17) is 0 Å². The lowest BCUT2D eigenvalue weighted by Gasteiger charge is -2.15. The SMILES string of the molecule is CC(NC(=O)c1cccn1C)c1ccc(F)cc1F. The lowest BCUT2D eigenvalue weighted by Crippen LogP contribution is -2.28. The lowest BCUT2D eigenvalue weighted by molar-refractivity contribution is 0.0931. The van der Waals surface area contributed by atoms with Crippen molar-refractivity contribution in [3.63, 3.8) is 0 Å². The highest BCUT2D eigenvalue weighted by Crippen LogP contribution is 2.18. The van der Waals surface area contributed by atoms with E-state index in [2.05, 4.69) is 5.32 Å². The summed E-state index contributed by atoms with van der Waals surface area (Å²) in [6.45, 7) is 1.65. The zero-order valence-electron chi connectivity index (χ0n) is 10.7. The fourth-order valence-electron chi connectivity index (χ4n) is 1.90. The lowest BCUT2D eigenvalue weighted by atomic mass is 10.1. The highest BCUT2D eigenvalue weighted by atomic mass is 19.1. The molecule has 0 saturated heterocycles. The first-order valence-corrected chi connectivity index (χ1v) is 5.86. The van der Waals surface area contributed by atoms with Crippen LogP contribution >= 0.6 is 0 Å². The van der Waals surface area contributed by atoms with Crippen LogP contribution in [0, 0.1) is 11.6 Å². The van der Waals surface area contributed by atoms with E-state index in [0.29, 0.717) is 5.69 Å². The molecule has 0 aliphatic carbocycles. The van der Waals surface area contributed by atoms with E-state index in [9.17, 15) is 13.6 Å². The van der Waals surface area contributed by atoms with Gasteiger partial charge >= 0.3 is 0 Å². The van der Waals surface area contributed by atoms with Crippen LogP contribution in [0.1, 0.15) is 29.0 Å². The molecule has 0 radical (unpaired) electrons. The summed E-state index contributed by atoms with van der Waals surface area (Å²) in [6.07, 6.45) is 1.75. The van der Waals surface area contributed by atoms with Gasteiger partial charge in [0.05, 0.1) is 6.04 Å². The quantitative estimate of drug-likeness (QED) is 0.908. The van der Waals surface area contributed by atoms with Crippen LogP contribution in [0.25, 0.3) is 0 Å². The van der Waals surface area contributed by atoms with Crippen molar-refractivity contribution in [2.24, 2.45) is 7.05 Å². The van der Waals surface area contributed by atoms with Gasteiger partial charge in [0.15, 0.2) is 0 Å². The number of nitrogens with zero attached hydrogens (tertiary/aromatic N) is 1. The first-order valence-electron chi connectivity index (χ1n) is 5.86. The van der Waals surface area contributed by atoms with Gasteiger partial charge in [-0.15, -0.1) is 0 Å². The molecule has 0 aliphatic heterocycles. The molecule has 1 aromatic carbocycles. The third-order valence-corrected chi connectivity index (χ3v) is 2.95. The second kappa shape index (κ2) is 5.22. The Labute approximate surface area is 109 Å². The van der Waals surface area contributed by atoms with Crippen molar-refractivity contribution >= 4 is 5.91 Å². The number of aryl methyl sites for hydroxylation is 1. The molecule has 0 aliphatic rings. The number of amides is 1. The van der Waals surface area contributed by atoms with Crippen LogP contribution in [-0.4, -0.2) is 10.5 Å². The predicted octanol–water partition coefficient (Wildman–Crippen LogP) is 2.79. The molecule has 1 atom stereocenters. The van der Waals surface area contributed by atoms with E-state index in [0.717, 1.165) is 6.07 Å². The van der Waals surface area contributed by atoms with Crippen molar-refractivity contribution in [1.82, 2.24) is 9.88 Å². The molecule has 5 heteroatoms. The van der Waals surface area contributed by atoms with Crippen molar-refractivity contribution in [1.29, 1.82) is 0 Å². The summed E-state index contributed by atoms with van der Waals surface area (Å²) >= 11 is 0. The maximum absolute atomic E-state index is 13.6. The Morgan fingerprint density at radius 2 is 2.05 bits per heavy atom. The predicted molar refractivity (Wildman–Crippen MR) is 67.7 cm³/mol. The third-order valence-electron chi connectivity index (χ3n) is 2.95. The zero-order valence-corrected chi connectivity index (χ0v) is 10.7. The Morgan fingerprint density at radius 3 is 2.63 bits per heavy atom. The standard InChI is InChI=1S/C14H14F2N2O/c1-9(11-6-5-10(15)8-12(11)16)17-14(19)13-4-3-7-18(13)2/h3-9H,1-2H3,(H,17,19). The third kappa shape index (κ3) is 2.81. The Kier molecular flexibility index (Phi) is 3.64. The molecule has 0 saturated carbocycles. The average molecular weight is 264 g/mol. The van der Waals surface area contributed by atoms with Gasteiger partial charge in [0.25, 0.3) is 5.91 Å². The molecule has 0 fully saturated rings. The second-order valence-electron chi connectivity index (χ2n) is 4.37. The molecule has 1 aromatic heterocycles. The highest BCUT2D eigenvalue weighted by molar-refractivity contribution is 5.92. The topological polar surface area (TPSA) is 34.0 Å². The van der Waals surface area contributed by atoms with Gasteiger partial charge in [0.2, 0.25) is 0 Å². The molecule has 1 unspecified atom stereocenters. The molecular weight excluding hydrogens is 250 g/mol. The Balaban J connectivity index is 2.15. The van der Waals surface area contributed by atoms with Crippen molar-refractivity contribution < 1.29 is 13.6 Å². The maximum Gasteiger partial charge on any atom is 0.268 e. The van der Waals surface area contributed by atoms with Crippen molar-refractivity contribution in [2.75, 3.05) is 0 Å². The molecule has 0 bridgehead atoms. The minimum absolute atomic E-state index is 0.254. The largest absolute Gasteiger partial charge is 0.347 e. The number of hydrogen-bond acceptors (Lipinski definition) is 1. The van der Waals surface area contributed by atoms with E-state index in [1.54, 1.807) is 36.9 Å². The summed E-state index contributed by atoms with van der Waals surface area (Å²) in [6, 6.07) is 6.19. The van der Waals surface area contributed by atoms with Crippen molar-refractivity contribution in [2.45, 2.75) is 13.0 Å². The van der Waals surface area contributed by atoms with Crippen molar-refractivity contribution in [3.8, 4) is 0 Å². The number of nitrogens with one attached hydrogen (secondary N) is 1. The normalized spacial score (nSPS) is 12.2. The van der Waals surface area contributed by atoms with Gasteiger partial charge in [0, 0.05) is 24.9 Å². The van der Waals surface area contributed by atoms with Crippen LogP contribution in [0.2, 0.25) is 0 Å². The van der Waals surface area contributed by atoms with Crippen LogP contribution in [0.4, 0.5) is 8.78 Å². The average Bonchev–Trinajstić information content (AvgIpc) is 2.75.